The zero-order valence-corrected chi connectivity index (χ0v) is 29.9. The summed E-state index contributed by atoms with van der Waals surface area (Å²) < 4.78 is 8.88. The average molecular weight is 706 g/mol. The van der Waals surface area contributed by atoms with Crippen LogP contribution in [0.1, 0.15) is 11.8 Å². The van der Waals surface area contributed by atoms with Crippen LogP contribution in [0.5, 0.6) is 5.75 Å². The predicted molar refractivity (Wildman–Crippen MR) is 229 cm³/mol. The molecule has 0 bridgehead atoms. The van der Waals surface area contributed by atoms with Gasteiger partial charge in [0.1, 0.15) is 5.75 Å². The summed E-state index contributed by atoms with van der Waals surface area (Å²) in [6.07, 6.45) is -0.248. The second kappa shape index (κ2) is 12.7. The number of ether oxygens (including phenoxy) is 1. The lowest BCUT2D eigenvalue weighted by Crippen LogP contribution is -2.10. The molecule has 55 heavy (non-hydrogen) atoms. The van der Waals surface area contributed by atoms with Gasteiger partial charge < -0.3 is 19.5 Å². The summed E-state index contributed by atoms with van der Waals surface area (Å²) in [7, 11) is 0. The molecule has 1 atom stereocenters. The molecule has 1 N–H and O–H groups in total. The molecular formula is C51H35N3O. The van der Waals surface area contributed by atoms with Crippen LogP contribution < -0.4 is 15.0 Å². The van der Waals surface area contributed by atoms with Crippen LogP contribution in [0.2, 0.25) is 0 Å². The lowest BCUT2D eigenvalue weighted by Gasteiger charge is -2.27. The Morgan fingerprint density at radius 2 is 1.07 bits per heavy atom. The molecule has 0 radical (unpaired) electrons. The van der Waals surface area contributed by atoms with Gasteiger partial charge in [-0.25, -0.2) is 0 Å². The van der Waals surface area contributed by atoms with Gasteiger partial charge in [0.25, 0.3) is 0 Å². The summed E-state index contributed by atoms with van der Waals surface area (Å²) in [6.45, 7) is 0. The second-order valence-corrected chi connectivity index (χ2v) is 14.2. The van der Waals surface area contributed by atoms with Gasteiger partial charge in [0.15, 0.2) is 6.23 Å². The molecule has 1 unspecified atom stereocenters. The lowest BCUT2D eigenvalue weighted by atomic mass is 9.98. The molecule has 1 aliphatic heterocycles. The van der Waals surface area contributed by atoms with Crippen molar-refractivity contribution in [2.75, 3.05) is 10.2 Å². The zero-order chi connectivity index (χ0) is 36.3. The molecule has 2 heterocycles. The second-order valence-electron chi connectivity index (χ2n) is 14.2. The lowest BCUT2D eigenvalue weighted by molar-refractivity contribution is 0.260. The Morgan fingerprint density at radius 3 is 1.91 bits per heavy atom. The Hall–Kier alpha value is -7.30. The van der Waals surface area contributed by atoms with E-state index in [1.807, 2.05) is 6.07 Å². The highest BCUT2D eigenvalue weighted by Crippen LogP contribution is 2.47. The molecule has 10 aromatic rings. The first-order valence-corrected chi connectivity index (χ1v) is 18.8. The molecule has 0 spiro atoms. The number of aromatic nitrogens is 1. The van der Waals surface area contributed by atoms with Crippen molar-refractivity contribution in [3.8, 4) is 22.6 Å². The summed E-state index contributed by atoms with van der Waals surface area (Å²) in [5.41, 5.74) is 11.2. The first-order chi connectivity index (χ1) is 27.3. The van der Waals surface area contributed by atoms with Crippen molar-refractivity contribution in [1.29, 1.82) is 0 Å². The monoisotopic (exact) mass is 705 g/mol. The van der Waals surface area contributed by atoms with Crippen LogP contribution in [0, 0.1) is 0 Å². The fourth-order valence-corrected chi connectivity index (χ4v) is 8.42. The molecule has 9 aromatic carbocycles. The summed E-state index contributed by atoms with van der Waals surface area (Å²) in [5, 5.41) is 10.8. The molecule has 0 saturated carbocycles. The Kier molecular flexibility index (Phi) is 7.20. The van der Waals surface area contributed by atoms with E-state index in [4.69, 9.17) is 4.74 Å². The predicted octanol–water partition coefficient (Wildman–Crippen LogP) is 13.7. The quantitative estimate of drug-likeness (QED) is 0.175. The number of nitrogens with zero attached hydrogens (tertiary/aromatic N) is 2. The zero-order valence-electron chi connectivity index (χ0n) is 29.9. The summed E-state index contributed by atoms with van der Waals surface area (Å²) in [6, 6.07) is 71.7. The van der Waals surface area contributed by atoms with Crippen LogP contribution >= 0.6 is 0 Å². The summed E-state index contributed by atoms with van der Waals surface area (Å²) >= 11 is 0. The van der Waals surface area contributed by atoms with Crippen LogP contribution in [0.3, 0.4) is 0 Å². The number of hydrogen-bond acceptors (Lipinski definition) is 3. The largest absolute Gasteiger partial charge is 0.464 e. The van der Waals surface area contributed by atoms with Gasteiger partial charge in [0.05, 0.1) is 16.7 Å². The smallest absolute Gasteiger partial charge is 0.196 e. The Balaban J connectivity index is 1.13. The third-order valence-electron chi connectivity index (χ3n) is 11.0. The highest BCUT2D eigenvalue weighted by Gasteiger charge is 2.26. The van der Waals surface area contributed by atoms with Crippen LogP contribution in [0.15, 0.2) is 200 Å². The van der Waals surface area contributed by atoms with Crippen LogP contribution in [0.4, 0.5) is 22.7 Å². The van der Waals surface area contributed by atoms with Gasteiger partial charge in [0.2, 0.25) is 0 Å². The van der Waals surface area contributed by atoms with Crippen LogP contribution in [-0.2, 0) is 0 Å². The number of benzene rings is 9. The number of hydrogen-bond donors (Lipinski definition) is 1. The molecular weight excluding hydrogens is 671 g/mol. The van der Waals surface area contributed by atoms with Crippen molar-refractivity contribution in [2.45, 2.75) is 6.23 Å². The first-order valence-electron chi connectivity index (χ1n) is 18.8. The maximum absolute atomic E-state index is 6.51. The van der Waals surface area contributed by atoms with Crippen molar-refractivity contribution in [2.24, 2.45) is 0 Å². The van der Waals surface area contributed by atoms with Crippen LogP contribution in [-0.4, -0.2) is 4.57 Å². The number of anilines is 4. The van der Waals surface area contributed by atoms with E-state index in [2.05, 4.69) is 209 Å². The molecule has 0 aliphatic carbocycles. The summed E-state index contributed by atoms with van der Waals surface area (Å²) in [5.74, 6) is 0.868. The van der Waals surface area contributed by atoms with E-state index in [0.717, 1.165) is 45.1 Å². The highest BCUT2D eigenvalue weighted by atomic mass is 16.5. The SMILES string of the molecule is c1ccc(-c2cccc(N(c3ccc4ccc5ccc6c(c5c4c3)NC(c3ccccc3)O6)c3ccc4c(c3)c3ccccc3n4-c3ccccc3)c2)cc1. The molecule has 4 nitrogen and oxygen atoms in total. The number of nitrogens with one attached hydrogen (secondary N) is 1. The van der Waals surface area contributed by atoms with Gasteiger partial charge in [0, 0.05) is 44.5 Å². The number of fused-ring (bicyclic) bond motifs is 8. The van der Waals surface area contributed by atoms with E-state index in [0.29, 0.717) is 0 Å². The van der Waals surface area contributed by atoms with E-state index in [1.54, 1.807) is 0 Å². The van der Waals surface area contributed by atoms with Crippen LogP contribution in [0.25, 0.3) is 60.2 Å². The fourth-order valence-electron chi connectivity index (χ4n) is 8.42. The topological polar surface area (TPSA) is 29.4 Å². The van der Waals surface area contributed by atoms with Crippen molar-refractivity contribution in [3.63, 3.8) is 0 Å². The van der Waals surface area contributed by atoms with Crippen molar-refractivity contribution < 1.29 is 4.74 Å². The molecule has 1 aromatic heterocycles. The number of para-hydroxylation sites is 2. The van der Waals surface area contributed by atoms with Crippen molar-refractivity contribution in [3.05, 3.63) is 206 Å². The molecule has 0 fully saturated rings. The minimum absolute atomic E-state index is 0.248. The van der Waals surface area contributed by atoms with Gasteiger partial charge in [-0.1, -0.05) is 133 Å². The van der Waals surface area contributed by atoms with E-state index in [9.17, 15) is 0 Å². The van der Waals surface area contributed by atoms with Gasteiger partial charge in [-0.05, 0) is 94.0 Å². The van der Waals surface area contributed by atoms with Crippen molar-refractivity contribution in [1.82, 2.24) is 4.57 Å². The third-order valence-corrected chi connectivity index (χ3v) is 11.0. The Bertz CT molecular complexity index is 3040. The Morgan fingerprint density at radius 1 is 0.455 bits per heavy atom. The first kappa shape index (κ1) is 31.2. The maximum atomic E-state index is 6.51. The normalized spacial score (nSPS) is 13.6. The third kappa shape index (κ3) is 5.22. The fraction of sp³-hybridized carbons (Fsp3) is 0.0196. The van der Waals surface area contributed by atoms with Gasteiger partial charge >= 0.3 is 0 Å². The van der Waals surface area contributed by atoms with Gasteiger partial charge in [-0.3, -0.25) is 0 Å². The molecule has 1 aliphatic rings. The molecule has 11 rings (SSSR count). The van der Waals surface area contributed by atoms with E-state index in [1.165, 1.54) is 49.1 Å². The molecule has 260 valence electrons. The van der Waals surface area contributed by atoms with Crippen molar-refractivity contribution >= 4 is 66.1 Å². The minimum atomic E-state index is -0.248. The molecule has 0 saturated heterocycles. The van der Waals surface area contributed by atoms with Gasteiger partial charge in [-0.2, -0.15) is 0 Å². The average Bonchev–Trinajstić information content (AvgIpc) is 3.84. The molecule has 4 heteroatoms. The Labute approximate surface area is 319 Å². The maximum Gasteiger partial charge on any atom is 0.196 e. The molecule has 0 amide bonds. The van der Waals surface area contributed by atoms with E-state index in [-0.39, 0.29) is 6.23 Å². The van der Waals surface area contributed by atoms with E-state index < -0.39 is 0 Å². The minimum Gasteiger partial charge on any atom is -0.464 e. The highest BCUT2D eigenvalue weighted by molar-refractivity contribution is 6.16. The summed E-state index contributed by atoms with van der Waals surface area (Å²) in [4.78, 5) is 2.40. The standard InChI is InChI=1S/C51H35N3O/c1-4-13-34(14-5-1)38-17-12-20-40(31-38)53(42-28-29-47-45(33-42)43-21-10-11-22-46(43)54(47)39-18-8-3-9-19-39)41-27-25-35-23-24-36-26-30-48-50(49(36)44(35)32-41)52-51(55-48)37-15-6-2-7-16-37/h1-33,51-52H. The van der Waals surface area contributed by atoms with Gasteiger partial charge in [-0.15, -0.1) is 0 Å². The van der Waals surface area contributed by atoms with E-state index >= 15 is 0 Å². The number of rotatable bonds is 6.